The fourth-order valence-electron chi connectivity index (χ4n) is 1.50. The van der Waals surface area contributed by atoms with Crippen molar-refractivity contribution < 1.29 is 4.42 Å². The Morgan fingerprint density at radius 3 is 3.07 bits per heavy atom. The molecular formula is C10H12N2O2S. The van der Waals surface area contributed by atoms with Crippen LogP contribution in [0.15, 0.2) is 27.4 Å². The Labute approximate surface area is 91.9 Å². The second-order valence-electron chi connectivity index (χ2n) is 3.39. The molecule has 1 heterocycles. The summed E-state index contributed by atoms with van der Waals surface area (Å²) in [5.41, 5.74) is 8.13. The van der Waals surface area contributed by atoms with Crippen molar-refractivity contribution in [2.24, 2.45) is 5.73 Å². The van der Waals surface area contributed by atoms with E-state index in [1.807, 2.05) is 6.07 Å². The lowest BCUT2D eigenvalue weighted by atomic mass is 10.1. The van der Waals surface area contributed by atoms with E-state index in [0.29, 0.717) is 11.1 Å². The van der Waals surface area contributed by atoms with Crippen molar-refractivity contribution in [1.29, 1.82) is 0 Å². The lowest BCUT2D eigenvalue weighted by molar-refractivity contribution is 0.554. The first-order chi connectivity index (χ1) is 7.20. The van der Waals surface area contributed by atoms with Crippen LogP contribution in [-0.2, 0) is 0 Å². The highest BCUT2D eigenvalue weighted by molar-refractivity contribution is 7.80. The molecule has 1 atom stereocenters. The SMILES string of the molecule is NC(CCS)c1ccc2[nH]c(=O)oc2c1. The van der Waals surface area contributed by atoms with Crippen LogP contribution in [-0.4, -0.2) is 10.7 Å². The molecule has 0 saturated heterocycles. The topological polar surface area (TPSA) is 72.0 Å². The maximum atomic E-state index is 10.9. The number of nitrogens with two attached hydrogens (primary N) is 1. The van der Waals surface area contributed by atoms with Crippen LogP contribution < -0.4 is 11.5 Å². The molecule has 0 bridgehead atoms. The molecule has 0 spiro atoms. The minimum absolute atomic E-state index is 0.0629. The fraction of sp³-hybridized carbons (Fsp3) is 0.300. The molecule has 0 amide bonds. The summed E-state index contributed by atoms with van der Waals surface area (Å²) in [7, 11) is 0. The maximum absolute atomic E-state index is 10.9. The number of H-pyrrole nitrogens is 1. The highest BCUT2D eigenvalue weighted by Gasteiger charge is 2.07. The first kappa shape index (κ1) is 10.3. The molecule has 80 valence electrons. The predicted octanol–water partition coefficient (Wildman–Crippen LogP) is 1.44. The quantitative estimate of drug-likeness (QED) is 0.691. The first-order valence-electron chi connectivity index (χ1n) is 4.70. The Morgan fingerprint density at radius 2 is 2.33 bits per heavy atom. The molecule has 4 nitrogen and oxygen atoms in total. The van der Waals surface area contributed by atoms with Gasteiger partial charge in [0.05, 0.1) is 5.52 Å². The molecule has 0 aliphatic rings. The standard InChI is InChI=1S/C10H12N2O2S/c11-7(3-4-15)6-1-2-8-9(5-6)14-10(13)12-8/h1-2,5,7,15H,3-4,11H2,(H,12,13). The van der Waals surface area contributed by atoms with E-state index >= 15 is 0 Å². The van der Waals surface area contributed by atoms with Crippen LogP contribution in [0, 0.1) is 0 Å². The zero-order chi connectivity index (χ0) is 10.8. The van der Waals surface area contributed by atoms with Gasteiger partial charge in [-0.05, 0) is 29.9 Å². The normalized spacial score (nSPS) is 13.2. The smallest absolute Gasteiger partial charge is 0.408 e. The van der Waals surface area contributed by atoms with Crippen molar-refractivity contribution in [1.82, 2.24) is 4.98 Å². The van der Waals surface area contributed by atoms with E-state index in [0.717, 1.165) is 17.7 Å². The number of hydrogen-bond donors (Lipinski definition) is 3. The van der Waals surface area contributed by atoms with E-state index in [2.05, 4.69) is 17.6 Å². The number of fused-ring (bicyclic) bond motifs is 1. The molecule has 5 heteroatoms. The highest BCUT2D eigenvalue weighted by atomic mass is 32.1. The highest BCUT2D eigenvalue weighted by Crippen LogP contribution is 2.19. The van der Waals surface area contributed by atoms with Gasteiger partial charge in [0.1, 0.15) is 0 Å². The van der Waals surface area contributed by atoms with Crippen LogP contribution in [0.5, 0.6) is 0 Å². The Bertz CT molecular complexity index is 517. The summed E-state index contributed by atoms with van der Waals surface area (Å²) in [4.78, 5) is 13.5. The molecule has 0 radical (unpaired) electrons. The minimum Gasteiger partial charge on any atom is -0.408 e. The first-order valence-corrected chi connectivity index (χ1v) is 5.33. The molecule has 1 aromatic heterocycles. The Morgan fingerprint density at radius 1 is 1.53 bits per heavy atom. The maximum Gasteiger partial charge on any atom is 0.417 e. The number of thiol groups is 1. The summed E-state index contributed by atoms with van der Waals surface area (Å²) in [6.07, 6.45) is 0.795. The lowest BCUT2D eigenvalue weighted by Crippen LogP contribution is -2.10. The van der Waals surface area contributed by atoms with Gasteiger partial charge in [0, 0.05) is 6.04 Å². The van der Waals surface area contributed by atoms with Crippen molar-refractivity contribution in [2.75, 3.05) is 5.75 Å². The molecule has 2 aromatic rings. The summed E-state index contributed by atoms with van der Waals surface area (Å²) in [5, 5.41) is 0. The van der Waals surface area contributed by atoms with Crippen molar-refractivity contribution in [3.63, 3.8) is 0 Å². The van der Waals surface area contributed by atoms with Crippen molar-refractivity contribution in [3.05, 3.63) is 34.3 Å². The average Bonchev–Trinajstić information content (AvgIpc) is 2.57. The van der Waals surface area contributed by atoms with Gasteiger partial charge in [-0.3, -0.25) is 4.98 Å². The third-order valence-electron chi connectivity index (χ3n) is 2.31. The van der Waals surface area contributed by atoms with Gasteiger partial charge in [-0.1, -0.05) is 6.07 Å². The predicted molar refractivity (Wildman–Crippen MR) is 62.2 cm³/mol. The largest absolute Gasteiger partial charge is 0.417 e. The molecule has 0 aliphatic heterocycles. The minimum atomic E-state index is -0.440. The molecule has 2 rings (SSSR count). The average molecular weight is 224 g/mol. The Kier molecular flexibility index (Phi) is 2.83. The van der Waals surface area contributed by atoms with E-state index in [-0.39, 0.29) is 6.04 Å². The number of aromatic amines is 1. The third kappa shape index (κ3) is 2.08. The second kappa shape index (κ2) is 4.12. The monoisotopic (exact) mass is 224 g/mol. The van der Waals surface area contributed by atoms with Crippen LogP contribution in [0.2, 0.25) is 0 Å². The number of nitrogens with one attached hydrogen (secondary N) is 1. The molecule has 0 saturated carbocycles. The molecular weight excluding hydrogens is 212 g/mol. The molecule has 15 heavy (non-hydrogen) atoms. The van der Waals surface area contributed by atoms with Gasteiger partial charge in [-0.15, -0.1) is 0 Å². The van der Waals surface area contributed by atoms with Gasteiger partial charge in [0.25, 0.3) is 0 Å². The van der Waals surface area contributed by atoms with Crippen molar-refractivity contribution >= 4 is 23.7 Å². The van der Waals surface area contributed by atoms with E-state index in [1.54, 1.807) is 12.1 Å². The molecule has 1 aromatic carbocycles. The Hall–Kier alpha value is -1.20. The third-order valence-corrected chi connectivity index (χ3v) is 2.57. The van der Waals surface area contributed by atoms with Crippen molar-refractivity contribution in [2.45, 2.75) is 12.5 Å². The fourth-order valence-corrected chi connectivity index (χ4v) is 1.78. The summed E-state index contributed by atoms with van der Waals surface area (Å²) in [6, 6.07) is 5.42. The second-order valence-corrected chi connectivity index (χ2v) is 3.84. The lowest BCUT2D eigenvalue weighted by Gasteiger charge is -2.09. The van der Waals surface area contributed by atoms with Gasteiger partial charge in [-0.2, -0.15) is 12.6 Å². The number of benzene rings is 1. The van der Waals surface area contributed by atoms with Gasteiger partial charge in [0.2, 0.25) is 0 Å². The Balaban J connectivity index is 2.41. The zero-order valence-corrected chi connectivity index (χ0v) is 8.96. The number of hydrogen-bond acceptors (Lipinski definition) is 4. The van der Waals surface area contributed by atoms with Gasteiger partial charge in [-0.25, -0.2) is 4.79 Å². The van der Waals surface area contributed by atoms with Gasteiger partial charge < -0.3 is 10.2 Å². The van der Waals surface area contributed by atoms with Gasteiger partial charge in [0.15, 0.2) is 5.58 Å². The summed E-state index contributed by atoms with van der Waals surface area (Å²) < 4.78 is 4.95. The number of rotatable bonds is 3. The van der Waals surface area contributed by atoms with E-state index < -0.39 is 5.76 Å². The van der Waals surface area contributed by atoms with Gasteiger partial charge >= 0.3 is 5.76 Å². The van der Waals surface area contributed by atoms with Crippen molar-refractivity contribution in [3.8, 4) is 0 Å². The van der Waals surface area contributed by atoms with E-state index in [1.165, 1.54) is 0 Å². The van der Waals surface area contributed by atoms with Crippen LogP contribution >= 0.6 is 12.6 Å². The zero-order valence-electron chi connectivity index (χ0n) is 8.06. The molecule has 3 N–H and O–H groups in total. The van der Waals surface area contributed by atoms with Crippen LogP contribution in [0.1, 0.15) is 18.0 Å². The van der Waals surface area contributed by atoms with Crippen LogP contribution in [0.4, 0.5) is 0 Å². The van der Waals surface area contributed by atoms with Crippen LogP contribution in [0.3, 0.4) is 0 Å². The van der Waals surface area contributed by atoms with E-state index in [9.17, 15) is 4.79 Å². The number of aromatic nitrogens is 1. The summed E-state index contributed by atoms with van der Waals surface area (Å²) in [6.45, 7) is 0. The molecule has 0 aliphatic carbocycles. The molecule has 1 unspecified atom stereocenters. The molecule has 0 fully saturated rings. The van der Waals surface area contributed by atoms with Crippen LogP contribution in [0.25, 0.3) is 11.1 Å². The summed E-state index contributed by atoms with van der Waals surface area (Å²) >= 11 is 4.13. The number of oxazole rings is 1. The summed E-state index contributed by atoms with van der Waals surface area (Å²) in [5.74, 6) is 0.293. The van der Waals surface area contributed by atoms with E-state index in [4.69, 9.17) is 10.2 Å².